The Labute approximate surface area is 132 Å². The van der Waals surface area contributed by atoms with Gasteiger partial charge in [0.15, 0.2) is 0 Å². The molecule has 116 valence electrons. The van der Waals surface area contributed by atoms with Crippen molar-refractivity contribution in [2.45, 2.75) is 13.8 Å². The highest BCUT2D eigenvalue weighted by Gasteiger charge is 2.20. The Kier molecular flexibility index (Phi) is 3.70. The van der Waals surface area contributed by atoms with Gasteiger partial charge in [-0.25, -0.2) is 4.39 Å². The number of anilines is 1. The van der Waals surface area contributed by atoms with E-state index in [1.165, 1.54) is 24.4 Å². The molecule has 23 heavy (non-hydrogen) atoms. The van der Waals surface area contributed by atoms with E-state index in [0.717, 1.165) is 11.1 Å². The van der Waals surface area contributed by atoms with Crippen molar-refractivity contribution in [1.29, 1.82) is 0 Å². The van der Waals surface area contributed by atoms with Crippen LogP contribution < -0.4 is 5.32 Å². The van der Waals surface area contributed by atoms with E-state index in [2.05, 4.69) is 10.3 Å². The Hall–Kier alpha value is -2.95. The summed E-state index contributed by atoms with van der Waals surface area (Å²) in [5.74, 6) is -1.91. The van der Waals surface area contributed by atoms with E-state index >= 15 is 0 Å². The van der Waals surface area contributed by atoms with Gasteiger partial charge in [0, 0.05) is 22.8 Å². The molecule has 0 saturated carbocycles. The number of hydrogen-bond acceptors (Lipinski definition) is 2. The van der Waals surface area contributed by atoms with Crippen molar-refractivity contribution >= 4 is 28.3 Å². The molecule has 3 aromatic rings. The summed E-state index contributed by atoms with van der Waals surface area (Å²) in [7, 11) is 0. The molecule has 0 unspecified atom stereocenters. The van der Waals surface area contributed by atoms with Crippen molar-refractivity contribution in [2.75, 3.05) is 5.32 Å². The molecule has 0 saturated heterocycles. The maximum atomic E-state index is 13.4. The molecule has 4 nitrogen and oxygen atoms in total. The molecule has 0 radical (unpaired) electrons. The standard InChI is InChI=1S/C18H15FN2O2/c1-10-5-11(2)7-13(6-10)21-18(23)17(22)15-9-20-16-4-3-12(19)8-14(15)16/h3-9,20H,1-2H3,(H,21,23). The molecule has 0 aliphatic rings. The minimum atomic E-state index is -0.750. The van der Waals surface area contributed by atoms with E-state index < -0.39 is 17.5 Å². The molecule has 1 amide bonds. The summed E-state index contributed by atoms with van der Waals surface area (Å²) in [5, 5.41) is 2.99. The second-order valence-corrected chi connectivity index (χ2v) is 5.55. The van der Waals surface area contributed by atoms with Gasteiger partial charge in [-0.05, 0) is 55.3 Å². The lowest BCUT2D eigenvalue weighted by Crippen LogP contribution is -2.22. The van der Waals surface area contributed by atoms with Gasteiger partial charge in [0.1, 0.15) is 5.82 Å². The molecule has 0 bridgehead atoms. The van der Waals surface area contributed by atoms with Crippen molar-refractivity contribution < 1.29 is 14.0 Å². The first kappa shape index (κ1) is 15.0. The number of amides is 1. The molecule has 2 aromatic carbocycles. The average Bonchev–Trinajstić information content (AvgIpc) is 2.88. The molecule has 2 N–H and O–H groups in total. The predicted molar refractivity (Wildman–Crippen MR) is 87.1 cm³/mol. The maximum Gasteiger partial charge on any atom is 0.296 e. The van der Waals surface area contributed by atoms with Crippen LogP contribution in [-0.2, 0) is 4.79 Å². The Balaban J connectivity index is 1.89. The van der Waals surface area contributed by atoms with Crippen LogP contribution in [0.2, 0.25) is 0 Å². The molecule has 0 aliphatic carbocycles. The summed E-state index contributed by atoms with van der Waals surface area (Å²) in [6, 6.07) is 9.61. The Morgan fingerprint density at radius 1 is 1.04 bits per heavy atom. The predicted octanol–water partition coefficient (Wildman–Crippen LogP) is 3.75. The summed E-state index contributed by atoms with van der Waals surface area (Å²) in [6.07, 6.45) is 1.42. The number of carbonyl (C=O) groups excluding carboxylic acids is 2. The number of benzene rings is 2. The third kappa shape index (κ3) is 2.99. The van der Waals surface area contributed by atoms with Gasteiger partial charge in [0.05, 0.1) is 5.56 Å². The van der Waals surface area contributed by atoms with Crippen molar-refractivity contribution in [3.05, 3.63) is 65.1 Å². The van der Waals surface area contributed by atoms with E-state index in [1.807, 2.05) is 19.9 Å². The number of aromatic nitrogens is 1. The minimum Gasteiger partial charge on any atom is -0.360 e. The molecule has 0 atom stereocenters. The van der Waals surface area contributed by atoms with Crippen molar-refractivity contribution in [3.63, 3.8) is 0 Å². The Morgan fingerprint density at radius 2 is 1.74 bits per heavy atom. The molecule has 1 heterocycles. The third-order valence-electron chi connectivity index (χ3n) is 3.57. The fourth-order valence-electron chi connectivity index (χ4n) is 2.64. The van der Waals surface area contributed by atoms with E-state index in [0.29, 0.717) is 16.6 Å². The van der Waals surface area contributed by atoms with Gasteiger partial charge < -0.3 is 10.3 Å². The summed E-state index contributed by atoms with van der Waals surface area (Å²) in [6.45, 7) is 3.82. The van der Waals surface area contributed by atoms with Gasteiger partial charge in [-0.15, -0.1) is 0 Å². The van der Waals surface area contributed by atoms with Crippen LogP contribution in [0.15, 0.2) is 42.6 Å². The number of halogens is 1. The fourth-order valence-corrected chi connectivity index (χ4v) is 2.64. The Morgan fingerprint density at radius 3 is 2.43 bits per heavy atom. The van der Waals surface area contributed by atoms with E-state index in [1.54, 1.807) is 12.1 Å². The van der Waals surface area contributed by atoms with Crippen molar-refractivity contribution in [1.82, 2.24) is 4.98 Å². The Bertz CT molecular complexity index is 908. The molecule has 0 fully saturated rings. The SMILES string of the molecule is Cc1cc(C)cc(NC(=O)C(=O)c2c[nH]c3ccc(F)cc23)c1. The smallest absolute Gasteiger partial charge is 0.296 e. The molecule has 0 aliphatic heterocycles. The van der Waals surface area contributed by atoms with Crippen LogP contribution >= 0.6 is 0 Å². The van der Waals surface area contributed by atoms with Gasteiger partial charge in [-0.2, -0.15) is 0 Å². The first-order chi connectivity index (χ1) is 10.9. The molecule has 5 heteroatoms. The molecule has 0 spiro atoms. The van der Waals surface area contributed by atoms with Crippen LogP contribution in [0.4, 0.5) is 10.1 Å². The number of nitrogens with one attached hydrogen (secondary N) is 2. The van der Waals surface area contributed by atoms with Gasteiger partial charge in [0.2, 0.25) is 0 Å². The zero-order valence-electron chi connectivity index (χ0n) is 12.7. The third-order valence-corrected chi connectivity index (χ3v) is 3.57. The average molecular weight is 310 g/mol. The van der Waals surface area contributed by atoms with Gasteiger partial charge in [-0.1, -0.05) is 6.07 Å². The van der Waals surface area contributed by atoms with Crippen LogP contribution in [0.1, 0.15) is 21.5 Å². The zero-order chi connectivity index (χ0) is 16.6. The lowest BCUT2D eigenvalue weighted by Gasteiger charge is -2.06. The van der Waals surface area contributed by atoms with Gasteiger partial charge in [0.25, 0.3) is 11.7 Å². The number of hydrogen-bond donors (Lipinski definition) is 2. The maximum absolute atomic E-state index is 13.4. The highest BCUT2D eigenvalue weighted by molar-refractivity contribution is 6.48. The van der Waals surface area contributed by atoms with Crippen molar-refractivity contribution in [2.24, 2.45) is 0 Å². The largest absolute Gasteiger partial charge is 0.360 e. The number of rotatable bonds is 3. The van der Waals surface area contributed by atoms with Crippen LogP contribution in [0.5, 0.6) is 0 Å². The first-order valence-electron chi connectivity index (χ1n) is 7.14. The van der Waals surface area contributed by atoms with Crippen LogP contribution in [0, 0.1) is 19.7 Å². The lowest BCUT2D eigenvalue weighted by molar-refractivity contribution is -0.112. The molecular formula is C18H15FN2O2. The highest BCUT2D eigenvalue weighted by atomic mass is 19.1. The molecular weight excluding hydrogens is 295 g/mol. The van der Waals surface area contributed by atoms with Crippen LogP contribution in [-0.4, -0.2) is 16.7 Å². The number of fused-ring (bicyclic) bond motifs is 1. The number of Topliss-reactive ketones (excluding diaryl/α,β-unsaturated/α-hetero) is 1. The quantitative estimate of drug-likeness (QED) is 0.572. The van der Waals surface area contributed by atoms with Gasteiger partial charge in [-0.3, -0.25) is 9.59 Å². The van der Waals surface area contributed by atoms with Gasteiger partial charge >= 0.3 is 0 Å². The van der Waals surface area contributed by atoms with E-state index in [4.69, 9.17) is 0 Å². The first-order valence-corrected chi connectivity index (χ1v) is 7.14. The highest BCUT2D eigenvalue weighted by Crippen LogP contribution is 2.21. The monoisotopic (exact) mass is 310 g/mol. The molecule has 1 aromatic heterocycles. The number of H-pyrrole nitrogens is 1. The van der Waals surface area contributed by atoms with E-state index in [9.17, 15) is 14.0 Å². The number of ketones is 1. The summed E-state index contributed by atoms with van der Waals surface area (Å²) < 4.78 is 13.4. The topological polar surface area (TPSA) is 62.0 Å². The zero-order valence-corrected chi connectivity index (χ0v) is 12.7. The normalized spacial score (nSPS) is 10.7. The number of carbonyl (C=O) groups is 2. The van der Waals surface area contributed by atoms with Crippen LogP contribution in [0.25, 0.3) is 10.9 Å². The second-order valence-electron chi connectivity index (χ2n) is 5.55. The summed E-state index contributed by atoms with van der Waals surface area (Å²) in [5.41, 5.74) is 3.30. The van der Waals surface area contributed by atoms with E-state index in [-0.39, 0.29) is 5.56 Å². The number of aryl methyl sites for hydroxylation is 2. The summed E-state index contributed by atoms with van der Waals surface area (Å²) in [4.78, 5) is 27.4. The summed E-state index contributed by atoms with van der Waals surface area (Å²) >= 11 is 0. The lowest BCUT2D eigenvalue weighted by atomic mass is 10.1. The number of aromatic amines is 1. The second kappa shape index (κ2) is 5.68. The van der Waals surface area contributed by atoms with Crippen molar-refractivity contribution in [3.8, 4) is 0 Å². The molecule has 3 rings (SSSR count). The van der Waals surface area contributed by atoms with Crippen LogP contribution in [0.3, 0.4) is 0 Å². The minimum absolute atomic E-state index is 0.154. The fraction of sp³-hybridized carbons (Fsp3) is 0.111.